The van der Waals surface area contributed by atoms with Crippen molar-refractivity contribution in [3.8, 4) is 11.3 Å². The Morgan fingerprint density at radius 2 is 2.00 bits per heavy atom. The molecule has 2 heterocycles. The smallest absolute Gasteiger partial charge is 0.206 e. The lowest BCUT2D eigenvalue weighted by molar-refractivity contribution is 0.833. The molecule has 0 N–H and O–H groups in total. The van der Waals surface area contributed by atoms with Gasteiger partial charge >= 0.3 is 0 Å². The van der Waals surface area contributed by atoms with Crippen molar-refractivity contribution < 1.29 is 0 Å². The van der Waals surface area contributed by atoms with Gasteiger partial charge in [0.05, 0.1) is 11.9 Å². The van der Waals surface area contributed by atoms with Gasteiger partial charge in [-0.05, 0) is 54.8 Å². The summed E-state index contributed by atoms with van der Waals surface area (Å²) in [6, 6.07) is 8.58. The molecule has 0 aliphatic heterocycles. The van der Waals surface area contributed by atoms with Crippen molar-refractivity contribution in [2.24, 2.45) is 10.1 Å². The van der Waals surface area contributed by atoms with Crippen molar-refractivity contribution in [3.63, 3.8) is 0 Å². The van der Waals surface area contributed by atoms with Gasteiger partial charge in [0.25, 0.3) is 0 Å². The summed E-state index contributed by atoms with van der Waals surface area (Å²) in [5, 5.41) is 10.9. The number of hydrogen-bond donors (Lipinski definition) is 0. The normalized spacial score (nSPS) is 12.4. The van der Waals surface area contributed by atoms with Crippen LogP contribution in [0.25, 0.3) is 11.3 Å². The SMILES string of the molecule is CCN=c1scc(-c2ccc(C)c(C)c2)n1N=Cc1ccsc1. The zero-order chi connectivity index (χ0) is 16.2. The van der Waals surface area contributed by atoms with Crippen molar-refractivity contribution in [1.82, 2.24) is 4.68 Å². The zero-order valence-electron chi connectivity index (χ0n) is 13.5. The lowest BCUT2D eigenvalue weighted by Gasteiger charge is -2.06. The van der Waals surface area contributed by atoms with Gasteiger partial charge in [-0.15, -0.1) is 11.3 Å². The van der Waals surface area contributed by atoms with Crippen molar-refractivity contribution in [2.45, 2.75) is 20.8 Å². The molecular weight excluding hydrogens is 322 g/mol. The van der Waals surface area contributed by atoms with E-state index in [4.69, 9.17) is 0 Å². The van der Waals surface area contributed by atoms with Crippen LogP contribution in [0.5, 0.6) is 0 Å². The van der Waals surface area contributed by atoms with Crippen LogP contribution in [-0.2, 0) is 0 Å². The molecule has 1 aromatic carbocycles. The predicted octanol–water partition coefficient (Wildman–Crippen LogP) is 4.70. The van der Waals surface area contributed by atoms with Crippen LogP contribution in [0.3, 0.4) is 0 Å². The highest BCUT2D eigenvalue weighted by Crippen LogP contribution is 2.23. The maximum atomic E-state index is 4.67. The summed E-state index contributed by atoms with van der Waals surface area (Å²) in [6.45, 7) is 7.07. The molecule has 0 spiro atoms. The van der Waals surface area contributed by atoms with Gasteiger partial charge in [0, 0.05) is 23.1 Å². The fourth-order valence-corrected chi connectivity index (χ4v) is 3.74. The summed E-state index contributed by atoms with van der Waals surface area (Å²) in [7, 11) is 0. The highest BCUT2D eigenvalue weighted by Gasteiger charge is 2.08. The van der Waals surface area contributed by atoms with Gasteiger partial charge in [-0.2, -0.15) is 16.4 Å². The molecule has 0 saturated carbocycles. The number of thiophene rings is 1. The van der Waals surface area contributed by atoms with Gasteiger partial charge in [-0.1, -0.05) is 12.1 Å². The standard InChI is InChI=1S/C18H19N3S2/c1-4-19-18-21(20-10-15-7-8-22-11-15)17(12-23-18)16-6-5-13(2)14(3)9-16/h5-12H,4H2,1-3H3. The molecule has 0 aliphatic carbocycles. The Hall–Kier alpha value is -1.98. The summed E-state index contributed by atoms with van der Waals surface area (Å²) in [5.74, 6) is 0. The Morgan fingerprint density at radius 1 is 1.13 bits per heavy atom. The van der Waals surface area contributed by atoms with Gasteiger partial charge in [-0.25, -0.2) is 4.68 Å². The molecule has 0 aliphatic rings. The lowest BCUT2D eigenvalue weighted by atomic mass is 10.1. The van der Waals surface area contributed by atoms with Gasteiger partial charge in [-0.3, -0.25) is 4.99 Å². The Labute approximate surface area is 144 Å². The van der Waals surface area contributed by atoms with Crippen LogP contribution in [-0.4, -0.2) is 17.4 Å². The fraction of sp³-hybridized carbons (Fsp3) is 0.222. The number of aromatic nitrogens is 1. The third-order valence-corrected chi connectivity index (χ3v) is 5.20. The topological polar surface area (TPSA) is 29.6 Å². The van der Waals surface area contributed by atoms with Crippen LogP contribution in [0.4, 0.5) is 0 Å². The minimum absolute atomic E-state index is 0.751. The second kappa shape index (κ2) is 7.06. The number of hydrogen-bond acceptors (Lipinski definition) is 4. The predicted molar refractivity (Wildman–Crippen MR) is 101 cm³/mol. The Bertz CT molecular complexity index is 883. The molecule has 118 valence electrons. The van der Waals surface area contributed by atoms with E-state index in [-0.39, 0.29) is 0 Å². The highest BCUT2D eigenvalue weighted by molar-refractivity contribution is 7.08. The van der Waals surface area contributed by atoms with Gasteiger partial charge < -0.3 is 0 Å². The molecule has 23 heavy (non-hydrogen) atoms. The first kappa shape index (κ1) is 15.9. The third kappa shape index (κ3) is 3.51. The van der Waals surface area contributed by atoms with E-state index in [0.717, 1.165) is 22.6 Å². The van der Waals surface area contributed by atoms with E-state index in [1.165, 1.54) is 16.7 Å². The first-order valence-corrected chi connectivity index (χ1v) is 9.36. The van der Waals surface area contributed by atoms with Crippen molar-refractivity contribution in [3.05, 3.63) is 61.9 Å². The molecule has 3 nitrogen and oxygen atoms in total. The second-order valence-corrected chi connectivity index (χ2v) is 6.91. The maximum Gasteiger partial charge on any atom is 0.206 e. The van der Waals surface area contributed by atoms with E-state index >= 15 is 0 Å². The van der Waals surface area contributed by atoms with E-state index in [9.17, 15) is 0 Å². The summed E-state index contributed by atoms with van der Waals surface area (Å²) >= 11 is 3.30. The van der Waals surface area contributed by atoms with E-state index in [2.05, 4.69) is 64.3 Å². The molecule has 0 saturated heterocycles. The van der Waals surface area contributed by atoms with Crippen LogP contribution < -0.4 is 4.80 Å². The van der Waals surface area contributed by atoms with Crippen LogP contribution in [0.15, 0.2) is 50.5 Å². The Balaban J connectivity index is 2.10. The van der Waals surface area contributed by atoms with Crippen LogP contribution in [0.2, 0.25) is 0 Å². The Kier molecular flexibility index (Phi) is 4.88. The molecule has 5 heteroatoms. The summed E-state index contributed by atoms with van der Waals surface area (Å²) < 4.78 is 1.94. The molecule has 0 bridgehead atoms. The molecule has 0 fully saturated rings. The average molecular weight is 342 g/mol. The first-order valence-electron chi connectivity index (χ1n) is 7.54. The van der Waals surface area contributed by atoms with E-state index < -0.39 is 0 Å². The van der Waals surface area contributed by atoms with Crippen molar-refractivity contribution in [2.75, 3.05) is 6.54 Å². The molecule has 2 aromatic heterocycles. The third-order valence-electron chi connectivity index (χ3n) is 3.65. The molecule has 0 radical (unpaired) electrons. The number of rotatable bonds is 4. The second-order valence-electron chi connectivity index (χ2n) is 5.29. The minimum Gasteiger partial charge on any atom is -0.258 e. The Morgan fingerprint density at radius 3 is 2.70 bits per heavy atom. The number of thiazole rings is 1. The molecule has 0 amide bonds. The molecular formula is C18H19N3S2. The number of aryl methyl sites for hydroxylation is 2. The van der Waals surface area contributed by atoms with E-state index in [1.54, 1.807) is 22.7 Å². The average Bonchev–Trinajstić information content (AvgIpc) is 3.18. The van der Waals surface area contributed by atoms with Crippen LogP contribution >= 0.6 is 22.7 Å². The van der Waals surface area contributed by atoms with Crippen molar-refractivity contribution >= 4 is 28.9 Å². The summed E-state index contributed by atoms with van der Waals surface area (Å²) in [6.07, 6.45) is 1.89. The summed E-state index contributed by atoms with van der Waals surface area (Å²) in [5.41, 5.74) is 5.95. The number of benzene rings is 1. The minimum atomic E-state index is 0.751. The molecule has 3 aromatic rings. The molecule has 0 atom stereocenters. The first-order chi connectivity index (χ1) is 11.2. The molecule has 3 rings (SSSR count). The van der Waals surface area contributed by atoms with Crippen LogP contribution in [0.1, 0.15) is 23.6 Å². The maximum absolute atomic E-state index is 4.67. The van der Waals surface area contributed by atoms with Crippen molar-refractivity contribution in [1.29, 1.82) is 0 Å². The van der Waals surface area contributed by atoms with Gasteiger partial charge in [0.2, 0.25) is 4.80 Å². The highest BCUT2D eigenvalue weighted by atomic mass is 32.1. The van der Waals surface area contributed by atoms with Gasteiger partial charge in [0.15, 0.2) is 0 Å². The quantitative estimate of drug-likeness (QED) is 0.616. The van der Waals surface area contributed by atoms with E-state index in [0.29, 0.717) is 0 Å². The molecule has 0 unspecified atom stereocenters. The van der Waals surface area contributed by atoms with Gasteiger partial charge in [0.1, 0.15) is 0 Å². The summed E-state index contributed by atoms with van der Waals surface area (Å²) in [4.78, 5) is 5.49. The zero-order valence-corrected chi connectivity index (χ0v) is 15.1. The lowest BCUT2D eigenvalue weighted by Crippen LogP contribution is -2.12. The van der Waals surface area contributed by atoms with Crippen LogP contribution in [0, 0.1) is 13.8 Å². The largest absolute Gasteiger partial charge is 0.258 e. The monoisotopic (exact) mass is 341 g/mol. The number of nitrogens with zero attached hydrogens (tertiary/aromatic N) is 3. The fourth-order valence-electron chi connectivity index (χ4n) is 2.23. The van der Waals surface area contributed by atoms with E-state index in [1.807, 2.05) is 17.8 Å².